The summed E-state index contributed by atoms with van der Waals surface area (Å²) in [6.45, 7) is 1.80. The molecule has 0 aliphatic heterocycles. The van der Waals surface area contributed by atoms with Crippen LogP contribution in [0.1, 0.15) is 5.56 Å². The Hall–Kier alpha value is -0.990. The van der Waals surface area contributed by atoms with Gasteiger partial charge in [0, 0.05) is 22.5 Å². The van der Waals surface area contributed by atoms with E-state index in [0.29, 0.717) is 17.9 Å². The number of hydrogen-bond acceptors (Lipinski definition) is 6. The van der Waals surface area contributed by atoms with Gasteiger partial charge < -0.3 is 4.74 Å². The highest BCUT2D eigenvalue weighted by Crippen LogP contribution is 2.33. The number of hydrogen-bond donors (Lipinski definition) is 0. The molecule has 0 aliphatic rings. The first-order valence-corrected chi connectivity index (χ1v) is 8.83. The van der Waals surface area contributed by atoms with Gasteiger partial charge in [0.05, 0.1) is 16.4 Å². The van der Waals surface area contributed by atoms with Crippen LogP contribution in [0.5, 0.6) is 5.75 Å². The van der Waals surface area contributed by atoms with Gasteiger partial charge in [-0.15, -0.1) is 0 Å². The molecule has 1 aromatic rings. The smallest absolute Gasteiger partial charge is 0.312 e. The van der Waals surface area contributed by atoms with Gasteiger partial charge in [-0.25, -0.2) is 8.42 Å². The standard InChI is InChI=1S/C10H12ClNO5S2/c1-7-5-9(17-3-4-18-2)8(12(13)14)6-10(7)19(11,15)16/h5-6H,3-4H2,1-2H3. The first-order valence-electron chi connectivity index (χ1n) is 5.12. The minimum Gasteiger partial charge on any atom is -0.486 e. The predicted octanol–water partition coefficient (Wildman–Crippen LogP) is 2.57. The lowest BCUT2D eigenvalue weighted by molar-refractivity contribution is -0.386. The zero-order valence-electron chi connectivity index (χ0n) is 10.3. The second-order valence-corrected chi connectivity index (χ2v) is 7.14. The quantitative estimate of drug-likeness (QED) is 0.346. The van der Waals surface area contributed by atoms with E-state index in [1.807, 2.05) is 6.26 Å². The molecule has 0 saturated heterocycles. The van der Waals surface area contributed by atoms with Crippen LogP contribution in [-0.4, -0.2) is 32.0 Å². The number of thioether (sulfide) groups is 1. The van der Waals surface area contributed by atoms with E-state index in [1.54, 1.807) is 0 Å². The number of aryl methyl sites for hydroxylation is 1. The molecule has 1 rings (SSSR count). The van der Waals surface area contributed by atoms with Crippen LogP contribution >= 0.6 is 22.4 Å². The predicted molar refractivity (Wildman–Crippen MR) is 74.7 cm³/mol. The molecule has 0 aliphatic carbocycles. The van der Waals surface area contributed by atoms with Crippen molar-refractivity contribution in [2.24, 2.45) is 0 Å². The fourth-order valence-corrected chi connectivity index (χ4v) is 2.85. The Morgan fingerprint density at radius 3 is 2.58 bits per heavy atom. The van der Waals surface area contributed by atoms with Crippen LogP contribution < -0.4 is 4.74 Å². The number of ether oxygens (including phenoxy) is 1. The normalized spacial score (nSPS) is 11.3. The van der Waals surface area contributed by atoms with Gasteiger partial charge in [-0.05, 0) is 24.8 Å². The van der Waals surface area contributed by atoms with Crippen LogP contribution in [0.15, 0.2) is 17.0 Å². The minimum absolute atomic E-state index is 0.0422. The number of nitro groups is 1. The van der Waals surface area contributed by atoms with Crippen molar-refractivity contribution < 1.29 is 18.1 Å². The summed E-state index contributed by atoms with van der Waals surface area (Å²) >= 11 is 1.53. The molecule has 0 N–H and O–H groups in total. The number of benzene rings is 1. The number of nitrogens with zero attached hydrogens (tertiary/aromatic N) is 1. The fourth-order valence-electron chi connectivity index (χ4n) is 1.41. The van der Waals surface area contributed by atoms with E-state index < -0.39 is 19.7 Å². The molecule has 0 fully saturated rings. The zero-order chi connectivity index (χ0) is 14.6. The first kappa shape index (κ1) is 16.1. The third-order valence-corrected chi connectivity index (χ3v) is 4.30. The van der Waals surface area contributed by atoms with Gasteiger partial charge in [0.25, 0.3) is 9.05 Å². The molecule has 106 valence electrons. The Kier molecular flexibility index (Phi) is 5.45. The molecule has 0 radical (unpaired) electrons. The lowest BCUT2D eigenvalue weighted by atomic mass is 10.2. The largest absolute Gasteiger partial charge is 0.486 e. The fraction of sp³-hybridized carbons (Fsp3) is 0.400. The molecule has 0 unspecified atom stereocenters. The van der Waals surface area contributed by atoms with Crippen molar-refractivity contribution in [3.63, 3.8) is 0 Å². The van der Waals surface area contributed by atoms with Gasteiger partial charge in [0.2, 0.25) is 0 Å². The summed E-state index contributed by atoms with van der Waals surface area (Å²) in [7, 11) is 1.20. The summed E-state index contributed by atoms with van der Waals surface area (Å²) in [5.74, 6) is 0.715. The summed E-state index contributed by atoms with van der Waals surface area (Å²) in [5, 5.41) is 10.9. The number of halogens is 1. The molecule has 6 nitrogen and oxygen atoms in total. The van der Waals surface area contributed by atoms with Crippen molar-refractivity contribution in [1.29, 1.82) is 0 Å². The lowest BCUT2D eigenvalue weighted by Crippen LogP contribution is -2.05. The van der Waals surface area contributed by atoms with E-state index in [2.05, 4.69) is 0 Å². The lowest BCUT2D eigenvalue weighted by Gasteiger charge is -2.09. The maximum absolute atomic E-state index is 11.3. The van der Waals surface area contributed by atoms with E-state index in [9.17, 15) is 18.5 Å². The van der Waals surface area contributed by atoms with E-state index >= 15 is 0 Å². The first-order chi connectivity index (χ1) is 8.77. The van der Waals surface area contributed by atoms with Crippen LogP contribution in [-0.2, 0) is 9.05 Å². The summed E-state index contributed by atoms with van der Waals surface area (Å²) in [6.07, 6.45) is 1.88. The molecule has 19 heavy (non-hydrogen) atoms. The maximum atomic E-state index is 11.3. The van der Waals surface area contributed by atoms with Crippen LogP contribution in [0.2, 0.25) is 0 Å². The van der Waals surface area contributed by atoms with Crippen LogP contribution in [0, 0.1) is 17.0 Å². The van der Waals surface area contributed by atoms with Crippen molar-refractivity contribution in [2.75, 3.05) is 18.6 Å². The monoisotopic (exact) mass is 325 g/mol. The highest BCUT2D eigenvalue weighted by atomic mass is 35.7. The minimum atomic E-state index is -4.02. The second-order valence-electron chi connectivity index (χ2n) is 3.62. The van der Waals surface area contributed by atoms with Gasteiger partial charge in [0.1, 0.15) is 0 Å². The van der Waals surface area contributed by atoms with Crippen molar-refractivity contribution in [2.45, 2.75) is 11.8 Å². The molecule has 0 spiro atoms. The Bertz CT molecular complexity index is 588. The molecule has 0 atom stereocenters. The van der Waals surface area contributed by atoms with Gasteiger partial charge in [-0.2, -0.15) is 11.8 Å². The molecular formula is C10H12ClNO5S2. The molecule has 9 heteroatoms. The van der Waals surface area contributed by atoms with Crippen LogP contribution in [0.4, 0.5) is 5.69 Å². The summed E-state index contributed by atoms with van der Waals surface area (Å²) < 4.78 is 27.9. The van der Waals surface area contributed by atoms with Crippen molar-refractivity contribution >= 4 is 37.2 Å². The SMILES string of the molecule is CSCCOc1cc(C)c(S(=O)(=O)Cl)cc1[N+](=O)[O-]. The van der Waals surface area contributed by atoms with E-state index in [1.165, 1.54) is 24.8 Å². The van der Waals surface area contributed by atoms with E-state index in [4.69, 9.17) is 15.4 Å². The molecule has 0 heterocycles. The highest BCUT2D eigenvalue weighted by Gasteiger charge is 2.23. The van der Waals surface area contributed by atoms with Crippen LogP contribution in [0.25, 0.3) is 0 Å². The highest BCUT2D eigenvalue weighted by molar-refractivity contribution is 8.13. The Morgan fingerprint density at radius 2 is 2.11 bits per heavy atom. The van der Waals surface area contributed by atoms with Gasteiger partial charge in [-0.3, -0.25) is 10.1 Å². The molecule has 0 aromatic heterocycles. The molecule has 0 bridgehead atoms. The average molecular weight is 326 g/mol. The molecule has 1 aromatic carbocycles. The Morgan fingerprint density at radius 1 is 1.47 bits per heavy atom. The van der Waals surface area contributed by atoms with Gasteiger partial charge in [0.15, 0.2) is 5.75 Å². The van der Waals surface area contributed by atoms with Crippen molar-refractivity contribution in [3.05, 3.63) is 27.8 Å². The summed E-state index contributed by atoms with van der Waals surface area (Å²) in [6, 6.07) is 2.24. The van der Waals surface area contributed by atoms with Gasteiger partial charge >= 0.3 is 5.69 Å². The third-order valence-electron chi connectivity index (χ3n) is 2.26. The Balaban J connectivity index is 3.26. The molecular weight excluding hydrogens is 314 g/mol. The Labute approximate surface area is 119 Å². The molecule has 0 amide bonds. The zero-order valence-corrected chi connectivity index (χ0v) is 12.6. The summed E-state index contributed by atoms with van der Waals surface area (Å²) in [5.41, 5.74) is -0.106. The average Bonchev–Trinajstić information content (AvgIpc) is 2.27. The van der Waals surface area contributed by atoms with E-state index in [0.717, 1.165) is 6.07 Å². The maximum Gasteiger partial charge on any atom is 0.312 e. The topological polar surface area (TPSA) is 86.5 Å². The number of rotatable bonds is 6. The summed E-state index contributed by atoms with van der Waals surface area (Å²) in [4.78, 5) is 9.95. The number of nitro benzene ring substituents is 1. The van der Waals surface area contributed by atoms with Crippen molar-refractivity contribution in [1.82, 2.24) is 0 Å². The van der Waals surface area contributed by atoms with Gasteiger partial charge in [-0.1, -0.05) is 0 Å². The van der Waals surface area contributed by atoms with Crippen molar-refractivity contribution in [3.8, 4) is 5.75 Å². The second kappa shape index (κ2) is 6.44. The molecule has 0 saturated carbocycles. The van der Waals surface area contributed by atoms with Crippen LogP contribution in [0.3, 0.4) is 0 Å². The van der Waals surface area contributed by atoms with E-state index in [-0.39, 0.29) is 10.6 Å². The third kappa shape index (κ3) is 4.26.